The summed E-state index contributed by atoms with van der Waals surface area (Å²) in [5, 5.41) is 0. The minimum absolute atomic E-state index is 0.241. The van der Waals surface area contributed by atoms with Gasteiger partial charge in [0.15, 0.2) is 11.5 Å². The Hall–Kier alpha value is -2.69. The summed E-state index contributed by atoms with van der Waals surface area (Å²) in [5.41, 5.74) is 6.43. The average Bonchev–Trinajstić information content (AvgIpc) is 2.52. The van der Waals surface area contributed by atoms with Crippen molar-refractivity contribution in [1.82, 2.24) is 0 Å². The molecule has 5 nitrogen and oxygen atoms in total. The maximum atomic E-state index is 11.2. The Morgan fingerprint density at radius 1 is 1.00 bits per heavy atom. The van der Waals surface area contributed by atoms with Gasteiger partial charge in [0.05, 0.1) is 14.2 Å². The van der Waals surface area contributed by atoms with E-state index >= 15 is 0 Å². The maximum Gasteiger partial charge on any atom is 0.248 e. The van der Waals surface area contributed by atoms with E-state index in [0.29, 0.717) is 22.8 Å². The van der Waals surface area contributed by atoms with Crippen molar-refractivity contribution in [3.8, 4) is 17.2 Å². The Morgan fingerprint density at radius 2 is 1.67 bits per heavy atom. The molecule has 0 aliphatic heterocycles. The summed E-state index contributed by atoms with van der Waals surface area (Å²) < 4.78 is 16.2. The van der Waals surface area contributed by atoms with Gasteiger partial charge in [-0.3, -0.25) is 4.79 Å². The Kier molecular flexibility index (Phi) is 4.66. The molecule has 0 bridgehead atoms. The quantitative estimate of drug-likeness (QED) is 0.885. The van der Waals surface area contributed by atoms with Crippen LogP contribution in [-0.2, 0) is 6.61 Å². The molecule has 2 aromatic rings. The molecule has 2 N–H and O–H groups in total. The number of nitrogens with two attached hydrogens (primary N) is 1. The molecule has 0 spiro atoms. The largest absolute Gasteiger partial charge is 0.496 e. The van der Waals surface area contributed by atoms with Crippen LogP contribution in [0.4, 0.5) is 0 Å². The molecule has 2 rings (SSSR count). The van der Waals surface area contributed by atoms with Gasteiger partial charge in [-0.25, -0.2) is 0 Å². The third-order valence-corrected chi connectivity index (χ3v) is 3.02. The lowest BCUT2D eigenvalue weighted by Crippen LogP contribution is -2.12. The van der Waals surface area contributed by atoms with E-state index in [9.17, 15) is 4.79 Å². The number of ether oxygens (including phenoxy) is 3. The molecule has 0 atom stereocenters. The number of benzene rings is 2. The first-order valence-corrected chi connectivity index (χ1v) is 6.38. The first-order valence-electron chi connectivity index (χ1n) is 6.38. The van der Waals surface area contributed by atoms with Crippen molar-refractivity contribution < 1.29 is 19.0 Å². The van der Waals surface area contributed by atoms with Crippen molar-refractivity contribution in [1.29, 1.82) is 0 Å². The van der Waals surface area contributed by atoms with E-state index in [1.807, 2.05) is 24.3 Å². The number of para-hydroxylation sites is 2. The highest BCUT2D eigenvalue weighted by Crippen LogP contribution is 2.28. The second-order valence-electron chi connectivity index (χ2n) is 4.33. The van der Waals surface area contributed by atoms with Gasteiger partial charge >= 0.3 is 0 Å². The number of amides is 1. The van der Waals surface area contributed by atoms with Crippen LogP contribution in [0.1, 0.15) is 15.9 Å². The first kappa shape index (κ1) is 14.7. The number of methoxy groups -OCH3 is 2. The molecule has 1 amide bonds. The highest BCUT2D eigenvalue weighted by atomic mass is 16.5. The highest BCUT2D eigenvalue weighted by Gasteiger charge is 2.10. The fraction of sp³-hybridized carbons (Fsp3) is 0.188. The number of hydrogen-bond donors (Lipinski definition) is 1. The van der Waals surface area contributed by atoms with Crippen molar-refractivity contribution >= 4 is 5.91 Å². The molecular weight excluding hydrogens is 270 g/mol. The Balaban J connectivity index is 2.22. The van der Waals surface area contributed by atoms with Crippen molar-refractivity contribution in [3.05, 3.63) is 53.6 Å². The molecule has 21 heavy (non-hydrogen) atoms. The second kappa shape index (κ2) is 6.65. The van der Waals surface area contributed by atoms with E-state index in [1.165, 1.54) is 0 Å². The Bertz CT molecular complexity index is 640. The summed E-state index contributed by atoms with van der Waals surface area (Å²) in [6.07, 6.45) is 0. The summed E-state index contributed by atoms with van der Waals surface area (Å²) in [7, 11) is 3.14. The van der Waals surface area contributed by atoms with Crippen LogP contribution >= 0.6 is 0 Å². The average molecular weight is 287 g/mol. The normalized spacial score (nSPS) is 10.0. The van der Waals surface area contributed by atoms with Gasteiger partial charge in [-0.1, -0.05) is 12.1 Å². The van der Waals surface area contributed by atoms with Crippen LogP contribution in [0.3, 0.4) is 0 Å². The van der Waals surface area contributed by atoms with Crippen LogP contribution in [0.2, 0.25) is 0 Å². The van der Waals surface area contributed by atoms with Gasteiger partial charge in [0.25, 0.3) is 0 Å². The van der Waals surface area contributed by atoms with Crippen LogP contribution in [0.15, 0.2) is 42.5 Å². The molecule has 0 aliphatic carbocycles. The second-order valence-corrected chi connectivity index (χ2v) is 4.33. The molecule has 0 aromatic heterocycles. The minimum atomic E-state index is -0.490. The fourth-order valence-corrected chi connectivity index (χ4v) is 1.94. The zero-order valence-electron chi connectivity index (χ0n) is 12.0. The summed E-state index contributed by atoms with van der Waals surface area (Å²) in [6.45, 7) is 0.241. The predicted octanol–water partition coefficient (Wildman–Crippen LogP) is 2.38. The van der Waals surface area contributed by atoms with Gasteiger partial charge in [-0.2, -0.15) is 0 Å². The van der Waals surface area contributed by atoms with Gasteiger partial charge < -0.3 is 19.9 Å². The SMILES string of the molecule is COc1ccc(C(N)=O)cc1COc1ccccc1OC. The summed E-state index contributed by atoms with van der Waals surface area (Å²) in [6, 6.07) is 12.3. The lowest BCUT2D eigenvalue weighted by molar-refractivity contribution is 0.1000. The van der Waals surface area contributed by atoms with E-state index in [-0.39, 0.29) is 6.61 Å². The predicted molar refractivity (Wildman–Crippen MR) is 78.8 cm³/mol. The zero-order valence-corrected chi connectivity index (χ0v) is 12.0. The monoisotopic (exact) mass is 287 g/mol. The summed E-state index contributed by atoms with van der Waals surface area (Å²) >= 11 is 0. The van der Waals surface area contributed by atoms with Gasteiger partial charge in [-0.15, -0.1) is 0 Å². The van der Waals surface area contributed by atoms with E-state index in [2.05, 4.69) is 0 Å². The van der Waals surface area contributed by atoms with Crippen LogP contribution in [0.5, 0.6) is 17.2 Å². The van der Waals surface area contributed by atoms with E-state index in [0.717, 1.165) is 5.56 Å². The number of primary amides is 1. The zero-order chi connectivity index (χ0) is 15.2. The van der Waals surface area contributed by atoms with Crippen LogP contribution < -0.4 is 19.9 Å². The molecule has 0 aliphatic rings. The third-order valence-electron chi connectivity index (χ3n) is 3.02. The van der Waals surface area contributed by atoms with E-state index < -0.39 is 5.91 Å². The standard InChI is InChI=1S/C16H17NO4/c1-19-13-8-7-11(16(17)18)9-12(13)10-21-15-6-4-3-5-14(15)20-2/h3-9H,10H2,1-2H3,(H2,17,18). The van der Waals surface area contributed by atoms with Gasteiger partial charge in [0.1, 0.15) is 12.4 Å². The molecule has 0 fully saturated rings. The van der Waals surface area contributed by atoms with Crippen LogP contribution in [0, 0.1) is 0 Å². The highest BCUT2D eigenvalue weighted by molar-refractivity contribution is 5.93. The van der Waals surface area contributed by atoms with Gasteiger partial charge in [-0.05, 0) is 30.3 Å². The molecule has 0 saturated heterocycles. The number of rotatable bonds is 6. The van der Waals surface area contributed by atoms with E-state index in [4.69, 9.17) is 19.9 Å². The molecule has 0 radical (unpaired) electrons. The van der Waals surface area contributed by atoms with Crippen molar-refractivity contribution in [3.63, 3.8) is 0 Å². The molecule has 2 aromatic carbocycles. The third kappa shape index (κ3) is 3.45. The molecule has 5 heteroatoms. The number of carbonyl (C=O) groups is 1. The molecule has 0 heterocycles. The van der Waals surface area contributed by atoms with Crippen molar-refractivity contribution in [2.45, 2.75) is 6.61 Å². The number of hydrogen-bond acceptors (Lipinski definition) is 4. The smallest absolute Gasteiger partial charge is 0.248 e. The lowest BCUT2D eigenvalue weighted by Gasteiger charge is -2.13. The minimum Gasteiger partial charge on any atom is -0.496 e. The molecule has 110 valence electrons. The molecule has 0 saturated carbocycles. The first-order chi connectivity index (χ1) is 10.2. The van der Waals surface area contributed by atoms with Crippen molar-refractivity contribution in [2.24, 2.45) is 5.73 Å². The van der Waals surface area contributed by atoms with Gasteiger partial charge in [0.2, 0.25) is 5.91 Å². The van der Waals surface area contributed by atoms with Crippen LogP contribution in [0.25, 0.3) is 0 Å². The summed E-state index contributed by atoms with van der Waals surface area (Å²) in [5.74, 6) is 1.40. The molecule has 0 unspecified atom stereocenters. The maximum absolute atomic E-state index is 11.2. The fourth-order valence-electron chi connectivity index (χ4n) is 1.94. The topological polar surface area (TPSA) is 70.8 Å². The Labute approximate surface area is 123 Å². The van der Waals surface area contributed by atoms with Crippen LogP contribution in [-0.4, -0.2) is 20.1 Å². The molecular formula is C16H17NO4. The number of carbonyl (C=O) groups excluding carboxylic acids is 1. The van der Waals surface area contributed by atoms with Gasteiger partial charge in [0, 0.05) is 11.1 Å². The Morgan fingerprint density at radius 3 is 2.29 bits per heavy atom. The van der Waals surface area contributed by atoms with E-state index in [1.54, 1.807) is 32.4 Å². The summed E-state index contributed by atoms with van der Waals surface area (Å²) in [4.78, 5) is 11.2. The van der Waals surface area contributed by atoms with Crippen molar-refractivity contribution in [2.75, 3.05) is 14.2 Å². The lowest BCUT2D eigenvalue weighted by atomic mass is 10.1.